The van der Waals surface area contributed by atoms with E-state index in [4.69, 9.17) is 5.11 Å². The summed E-state index contributed by atoms with van der Waals surface area (Å²) in [6.45, 7) is 3.90. The molecule has 0 aliphatic rings. The largest absolute Gasteiger partial charge is 0.392 e. The van der Waals surface area contributed by atoms with Crippen LogP contribution in [0.4, 0.5) is 5.69 Å². The predicted molar refractivity (Wildman–Crippen MR) is 76.2 cm³/mol. The Morgan fingerprint density at radius 2 is 1.79 bits per heavy atom. The summed E-state index contributed by atoms with van der Waals surface area (Å²) in [4.78, 5) is 12.1. The number of carbonyl (C=O) groups is 1. The van der Waals surface area contributed by atoms with Gasteiger partial charge in [-0.25, -0.2) is 0 Å². The van der Waals surface area contributed by atoms with Crippen LogP contribution in [0.25, 0.3) is 0 Å². The van der Waals surface area contributed by atoms with Crippen molar-refractivity contribution in [3.05, 3.63) is 64.7 Å². The molecule has 0 aliphatic carbocycles. The molecule has 98 valence electrons. The second-order valence-electron chi connectivity index (χ2n) is 4.69. The predicted octanol–water partition coefficient (Wildman–Crippen LogP) is 3.05. The van der Waals surface area contributed by atoms with Crippen LogP contribution in [0, 0.1) is 13.8 Å². The zero-order valence-corrected chi connectivity index (χ0v) is 11.1. The van der Waals surface area contributed by atoms with Crippen molar-refractivity contribution in [2.45, 2.75) is 20.5 Å². The third-order valence-corrected chi connectivity index (χ3v) is 2.85. The lowest BCUT2D eigenvalue weighted by Gasteiger charge is -2.08. The van der Waals surface area contributed by atoms with Gasteiger partial charge in [0.2, 0.25) is 0 Å². The lowest BCUT2D eigenvalue weighted by atomic mass is 10.1. The van der Waals surface area contributed by atoms with Crippen LogP contribution in [0.15, 0.2) is 42.5 Å². The number of aliphatic hydroxyl groups is 1. The van der Waals surface area contributed by atoms with E-state index in [0.29, 0.717) is 11.3 Å². The van der Waals surface area contributed by atoms with Crippen molar-refractivity contribution < 1.29 is 9.90 Å². The van der Waals surface area contributed by atoms with Crippen molar-refractivity contribution >= 4 is 11.6 Å². The Labute approximate surface area is 112 Å². The maximum absolute atomic E-state index is 12.1. The first kappa shape index (κ1) is 13.3. The van der Waals surface area contributed by atoms with Crippen molar-refractivity contribution in [3.8, 4) is 0 Å². The highest BCUT2D eigenvalue weighted by Crippen LogP contribution is 2.14. The number of amides is 1. The molecule has 0 saturated carbocycles. The van der Waals surface area contributed by atoms with Crippen molar-refractivity contribution in [1.29, 1.82) is 0 Å². The molecular weight excluding hydrogens is 238 g/mol. The number of aryl methyl sites for hydroxylation is 2. The first-order valence-electron chi connectivity index (χ1n) is 6.18. The summed E-state index contributed by atoms with van der Waals surface area (Å²) in [6, 6.07) is 12.9. The lowest BCUT2D eigenvalue weighted by molar-refractivity contribution is 0.102. The normalized spacial score (nSPS) is 10.3. The van der Waals surface area contributed by atoms with Gasteiger partial charge in [0.15, 0.2) is 0 Å². The second-order valence-corrected chi connectivity index (χ2v) is 4.69. The monoisotopic (exact) mass is 255 g/mol. The summed E-state index contributed by atoms with van der Waals surface area (Å²) in [5.74, 6) is -0.137. The van der Waals surface area contributed by atoms with Crippen LogP contribution in [-0.4, -0.2) is 11.0 Å². The van der Waals surface area contributed by atoms with Crippen LogP contribution in [0.5, 0.6) is 0 Å². The SMILES string of the molecule is Cc1cc(C)cc(C(=O)Nc2cccc(CO)c2)c1. The Balaban J connectivity index is 2.20. The van der Waals surface area contributed by atoms with Crippen LogP contribution in [-0.2, 0) is 6.61 Å². The van der Waals surface area contributed by atoms with Gasteiger partial charge in [-0.15, -0.1) is 0 Å². The van der Waals surface area contributed by atoms with Crippen LogP contribution >= 0.6 is 0 Å². The molecule has 0 spiro atoms. The van der Waals surface area contributed by atoms with Crippen LogP contribution in [0.2, 0.25) is 0 Å². The van der Waals surface area contributed by atoms with E-state index < -0.39 is 0 Å². The first-order chi connectivity index (χ1) is 9.08. The van der Waals surface area contributed by atoms with Gasteiger partial charge in [0, 0.05) is 11.3 Å². The summed E-state index contributed by atoms with van der Waals surface area (Å²) in [6.07, 6.45) is 0. The summed E-state index contributed by atoms with van der Waals surface area (Å²) < 4.78 is 0. The van der Waals surface area contributed by atoms with E-state index in [9.17, 15) is 4.79 Å². The van der Waals surface area contributed by atoms with E-state index in [2.05, 4.69) is 5.32 Å². The maximum Gasteiger partial charge on any atom is 0.255 e. The molecule has 0 heterocycles. The summed E-state index contributed by atoms with van der Waals surface area (Å²) in [5.41, 5.74) is 4.24. The molecule has 3 nitrogen and oxygen atoms in total. The van der Waals surface area contributed by atoms with Gasteiger partial charge in [0.25, 0.3) is 5.91 Å². The summed E-state index contributed by atoms with van der Waals surface area (Å²) in [5, 5.41) is 11.9. The lowest BCUT2D eigenvalue weighted by Crippen LogP contribution is -2.12. The molecule has 19 heavy (non-hydrogen) atoms. The molecule has 0 radical (unpaired) electrons. The molecule has 2 N–H and O–H groups in total. The van der Waals surface area contributed by atoms with Gasteiger partial charge in [-0.05, 0) is 43.7 Å². The minimum absolute atomic E-state index is 0.0345. The highest BCUT2D eigenvalue weighted by atomic mass is 16.3. The molecule has 1 amide bonds. The van der Waals surface area contributed by atoms with Crippen LogP contribution in [0.3, 0.4) is 0 Å². The molecule has 2 aromatic carbocycles. The number of nitrogens with one attached hydrogen (secondary N) is 1. The Bertz CT molecular complexity index is 585. The number of aliphatic hydroxyl groups excluding tert-OH is 1. The number of rotatable bonds is 3. The van der Waals surface area contributed by atoms with E-state index in [1.807, 2.05) is 44.2 Å². The van der Waals surface area contributed by atoms with Crippen molar-refractivity contribution in [2.24, 2.45) is 0 Å². The van der Waals surface area contributed by atoms with Gasteiger partial charge in [0.1, 0.15) is 0 Å². The van der Waals surface area contributed by atoms with Crippen molar-refractivity contribution in [1.82, 2.24) is 0 Å². The highest BCUT2D eigenvalue weighted by molar-refractivity contribution is 6.04. The molecule has 0 aliphatic heterocycles. The van der Waals surface area contributed by atoms with E-state index >= 15 is 0 Å². The Morgan fingerprint density at radius 1 is 1.11 bits per heavy atom. The molecule has 0 unspecified atom stereocenters. The summed E-state index contributed by atoms with van der Waals surface area (Å²) >= 11 is 0. The minimum atomic E-state index is -0.137. The van der Waals surface area contributed by atoms with Gasteiger partial charge in [-0.1, -0.05) is 29.3 Å². The second kappa shape index (κ2) is 5.67. The number of hydrogen-bond donors (Lipinski definition) is 2. The van der Waals surface area contributed by atoms with Crippen molar-refractivity contribution in [2.75, 3.05) is 5.32 Å². The third kappa shape index (κ3) is 3.42. The molecule has 0 atom stereocenters. The van der Waals surface area contributed by atoms with Crippen molar-refractivity contribution in [3.63, 3.8) is 0 Å². The summed E-state index contributed by atoms with van der Waals surface area (Å²) in [7, 11) is 0. The average Bonchev–Trinajstić information content (AvgIpc) is 2.37. The number of anilines is 1. The Kier molecular flexibility index (Phi) is 3.97. The molecule has 2 aromatic rings. The molecule has 0 aromatic heterocycles. The van der Waals surface area contributed by atoms with E-state index in [1.165, 1.54) is 0 Å². The van der Waals surface area contributed by atoms with E-state index in [0.717, 1.165) is 16.7 Å². The number of hydrogen-bond acceptors (Lipinski definition) is 2. The number of carbonyl (C=O) groups excluding carboxylic acids is 1. The standard InChI is InChI=1S/C16H17NO2/c1-11-6-12(2)8-14(7-11)16(19)17-15-5-3-4-13(9-15)10-18/h3-9,18H,10H2,1-2H3,(H,17,19). The number of benzene rings is 2. The van der Waals surface area contributed by atoms with E-state index in [-0.39, 0.29) is 12.5 Å². The smallest absolute Gasteiger partial charge is 0.255 e. The van der Waals surface area contributed by atoms with Gasteiger partial charge < -0.3 is 10.4 Å². The molecule has 2 rings (SSSR count). The highest BCUT2D eigenvalue weighted by Gasteiger charge is 2.07. The Morgan fingerprint density at radius 3 is 2.42 bits per heavy atom. The van der Waals surface area contributed by atoms with Gasteiger partial charge in [-0.2, -0.15) is 0 Å². The van der Waals surface area contributed by atoms with Crippen LogP contribution < -0.4 is 5.32 Å². The van der Waals surface area contributed by atoms with Gasteiger partial charge >= 0.3 is 0 Å². The fourth-order valence-electron chi connectivity index (χ4n) is 2.06. The molecule has 0 fully saturated rings. The van der Waals surface area contributed by atoms with Gasteiger partial charge in [0.05, 0.1) is 6.61 Å². The molecular formula is C16H17NO2. The topological polar surface area (TPSA) is 49.3 Å². The zero-order chi connectivity index (χ0) is 13.8. The molecule has 3 heteroatoms. The zero-order valence-electron chi connectivity index (χ0n) is 11.1. The van der Waals surface area contributed by atoms with Crippen LogP contribution in [0.1, 0.15) is 27.0 Å². The van der Waals surface area contributed by atoms with Gasteiger partial charge in [-0.3, -0.25) is 4.79 Å². The maximum atomic E-state index is 12.1. The minimum Gasteiger partial charge on any atom is -0.392 e. The quantitative estimate of drug-likeness (QED) is 0.885. The third-order valence-electron chi connectivity index (χ3n) is 2.85. The van der Waals surface area contributed by atoms with E-state index in [1.54, 1.807) is 12.1 Å². The molecule has 0 saturated heterocycles. The molecule has 0 bridgehead atoms. The first-order valence-corrected chi connectivity index (χ1v) is 6.18. The fourth-order valence-corrected chi connectivity index (χ4v) is 2.06. The average molecular weight is 255 g/mol. The fraction of sp³-hybridized carbons (Fsp3) is 0.188. The Hall–Kier alpha value is -2.13.